The number of aliphatic hydroxyl groups is 1. The summed E-state index contributed by atoms with van der Waals surface area (Å²) in [4.78, 5) is 23.8. The molecule has 0 spiro atoms. The molecular formula is C13H18N2O5. The van der Waals surface area contributed by atoms with Gasteiger partial charge in [-0.1, -0.05) is 12.1 Å². The molecule has 1 rings (SSSR count). The molecule has 110 valence electrons. The number of carboxylic acid groups (broad SMARTS) is 1. The molecule has 0 unspecified atom stereocenters. The van der Waals surface area contributed by atoms with E-state index in [-0.39, 0.29) is 0 Å². The fourth-order valence-electron chi connectivity index (χ4n) is 1.56. The lowest BCUT2D eigenvalue weighted by atomic mass is 10.2. The molecule has 1 aromatic rings. The Kier molecular flexibility index (Phi) is 5.79. The van der Waals surface area contributed by atoms with Crippen molar-refractivity contribution in [3.05, 3.63) is 29.8 Å². The molecule has 0 bridgehead atoms. The van der Waals surface area contributed by atoms with Crippen molar-refractivity contribution in [2.45, 2.75) is 12.6 Å². The quantitative estimate of drug-likeness (QED) is 0.696. The van der Waals surface area contributed by atoms with E-state index in [1.807, 2.05) is 6.07 Å². The number of carbonyl (C=O) groups is 2. The molecule has 7 heteroatoms. The lowest BCUT2D eigenvalue weighted by Gasteiger charge is -2.20. The van der Waals surface area contributed by atoms with Crippen LogP contribution in [-0.2, 0) is 11.3 Å². The number of aliphatic hydroxyl groups excluding tert-OH is 1. The third-order valence-corrected chi connectivity index (χ3v) is 2.68. The molecule has 0 saturated carbocycles. The van der Waals surface area contributed by atoms with Crippen LogP contribution in [-0.4, -0.2) is 53.9 Å². The van der Waals surface area contributed by atoms with Gasteiger partial charge in [0.15, 0.2) is 6.04 Å². The van der Waals surface area contributed by atoms with Gasteiger partial charge in [0.2, 0.25) is 0 Å². The van der Waals surface area contributed by atoms with E-state index in [0.717, 1.165) is 5.56 Å². The van der Waals surface area contributed by atoms with E-state index in [0.29, 0.717) is 12.3 Å². The molecule has 7 nitrogen and oxygen atoms in total. The van der Waals surface area contributed by atoms with Crippen LogP contribution in [0.2, 0.25) is 0 Å². The van der Waals surface area contributed by atoms with Gasteiger partial charge in [-0.05, 0) is 17.7 Å². The van der Waals surface area contributed by atoms with Crippen LogP contribution < -0.4 is 10.1 Å². The van der Waals surface area contributed by atoms with Crippen molar-refractivity contribution in [1.29, 1.82) is 0 Å². The maximum Gasteiger partial charge on any atom is 0.328 e. The van der Waals surface area contributed by atoms with Crippen molar-refractivity contribution in [2.24, 2.45) is 0 Å². The van der Waals surface area contributed by atoms with Gasteiger partial charge < -0.3 is 25.2 Å². The van der Waals surface area contributed by atoms with E-state index in [9.17, 15) is 9.59 Å². The minimum Gasteiger partial charge on any atom is -0.497 e. The van der Waals surface area contributed by atoms with Gasteiger partial charge >= 0.3 is 12.0 Å². The second-order valence-electron chi connectivity index (χ2n) is 4.23. The lowest BCUT2D eigenvalue weighted by molar-refractivity contribution is -0.140. The molecule has 1 aromatic carbocycles. The minimum absolute atomic E-state index is 0.292. The molecule has 0 radical (unpaired) electrons. The average Bonchev–Trinajstić information content (AvgIpc) is 2.44. The number of carbonyl (C=O) groups excluding carboxylic acids is 1. The number of rotatable bonds is 6. The first-order valence-electron chi connectivity index (χ1n) is 5.96. The standard InChI is InChI=1S/C13H18N2O5/c1-15(13(19)14-11(8-16)12(17)18)7-9-4-3-5-10(6-9)20-2/h3-6,11,16H,7-8H2,1-2H3,(H,14,19)(H,17,18)/t11-/m0/s1. The molecule has 0 aliphatic carbocycles. The molecule has 0 aliphatic heterocycles. The number of hydrogen-bond acceptors (Lipinski definition) is 4. The summed E-state index contributed by atoms with van der Waals surface area (Å²) in [5.74, 6) is -0.606. The smallest absolute Gasteiger partial charge is 0.328 e. The lowest BCUT2D eigenvalue weighted by Crippen LogP contribution is -2.48. The summed E-state index contributed by atoms with van der Waals surface area (Å²) in [6, 6.07) is 5.31. The Labute approximate surface area is 116 Å². The predicted octanol–water partition coefficient (Wildman–Crippen LogP) is 0.282. The minimum atomic E-state index is -1.31. The molecule has 1 atom stereocenters. The van der Waals surface area contributed by atoms with Crippen molar-refractivity contribution < 1.29 is 24.5 Å². The average molecular weight is 282 g/mol. The second kappa shape index (κ2) is 7.34. The summed E-state index contributed by atoms with van der Waals surface area (Å²) in [5.41, 5.74) is 0.845. The Morgan fingerprint density at radius 2 is 2.15 bits per heavy atom. The van der Waals surface area contributed by atoms with Crippen LogP contribution in [0.15, 0.2) is 24.3 Å². The molecule has 0 aliphatic rings. The van der Waals surface area contributed by atoms with E-state index < -0.39 is 24.6 Å². The number of carboxylic acids is 1. The van der Waals surface area contributed by atoms with E-state index in [1.54, 1.807) is 25.3 Å². The number of urea groups is 1. The third-order valence-electron chi connectivity index (χ3n) is 2.68. The number of ether oxygens (including phenoxy) is 1. The van der Waals surface area contributed by atoms with Gasteiger partial charge in [0.25, 0.3) is 0 Å². The van der Waals surface area contributed by atoms with E-state index in [2.05, 4.69) is 5.32 Å². The SMILES string of the molecule is COc1cccc(CN(C)C(=O)N[C@@H](CO)C(=O)O)c1. The number of amides is 2. The maximum absolute atomic E-state index is 11.8. The highest BCUT2D eigenvalue weighted by Crippen LogP contribution is 2.13. The van der Waals surface area contributed by atoms with Crippen molar-refractivity contribution in [3.8, 4) is 5.75 Å². The predicted molar refractivity (Wildman–Crippen MR) is 71.5 cm³/mol. The highest BCUT2D eigenvalue weighted by atomic mass is 16.5. The summed E-state index contributed by atoms with van der Waals surface area (Å²) in [5, 5.41) is 19.8. The Hall–Kier alpha value is -2.28. The van der Waals surface area contributed by atoms with Gasteiger partial charge in [0, 0.05) is 13.6 Å². The summed E-state index contributed by atoms with van der Waals surface area (Å²) in [6.45, 7) is -0.366. The molecule has 0 saturated heterocycles. The van der Waals surface area contributed by atoms with Crippen molar-refractivity contribution in [1.82, 2.24) is 10.2 Å². The molecule has 2 amide bonds. The monoisotopic (exact) mass is 282 g/mol. The van der Waals surface area contributed by atoms with Gasteiger partial charge in [-0.2, -0.15) is 0 Å². The van der Waals surface area contributed by atoms with Crippen molar-refractivity contribution >= 4 is 12.0 Å². The van der Waals surface area contributed by atoms with Gasteiger partial charge in [-0.25, -0.2) is 9.59 Å². The summed E-state index contributed by atoms with van der Waals surface area (Å²) in [6.07, 6.45) is 0. The summed E-state index contributed by atoms with van der Waals surface area (Å²) in [7, 11) is 3.08. The van der Waals surface area contributed by atoms with Gasteiger partial charge in [-0.15, -0.1) is 0 Å². The summed E-state index contributed by atoms with van der Waals surface area (Å²) < 4.78 is 5.08. The van der Waals surface area contributed by atoms with Crippen LogP contribution in [0.5, 0.6) is 5.75 Å². The number of nitrogens with zero attached hydrogens (tertiary/aromatic N) is 1. The van der Waals surface area contributed by atoms with E-state index in [4.69, 9.17) is 14.9 Å². The van der Waals surface area contributed by atoms with E-state index in [1.165, 1.54) is 11.9 Å². The molecule has 3 N–H and O–H groups in total. The van der Waals surface area contributed by atoms with Gasteiger partial charge in [0.1, 0.15) is 5.75 Å². The number of methoxy groups -OCH3 is 1. The first-order valence-corrected chi connectivity index (χ1v) is 5.96. The Bertz CT molecular complexity index is 478. The topological polar surface area (TPSA) is 99.1 Å². The van der Waals surface area contributed by atoms with E-state index >= 15 is 0 Å². The summed E-state index contributed by atoms with van der Waals surface area (Å²) >= 11 is 0. The fourth-order valence-corrected chi connectivity index (χ4v) is 1.56. The first kappa shape index (κ1) is 15.8. The molecule has 0 heterocycles. The number of nitrogens with one attached hydrogen (secondary N) is 1. The Morgan fingerprint density at radius 3 is 2.70 bits per heavy atom. The van der Waals surface area contributed by atoms with Gasteiger partial charge in [-0.3, -0.25) is 0 Å². The largest absolute Gasteiger partial charge is 0.497 e. The zero-order valence-corrected chi connectivity index (χ0v) is 11.4. The third kappa shape index (κ3) is 4.43. The normalized spacial score (nSPS) is 11.6. The highest BCUT2D eigenvalue weighted by molar-refractivity contribution is 5.82. The Morgan fingerprint density at radius 1 is 1.45 bits per heavy atom. The zero-order chi connectivity index (χ0) is 15.1. The maximum atomic E-state index is 11.8. The first-order chi connectivity index (χ1) is 9.47. The van der Waals surface area contributed by atoms with Crippen LogP contribution in [0.3, 0.4) is 0 Å². The van der Waals surface area contributed by atoms with Crippen molar-refractivity contribution in [3.63, 3.8) is 0 Å². The van der Waals surface area contributed by atoms with Crippen LogP contribution in [0.4, 0.5) is 4.79 Å². The Balaban J connectivity index is 2.63. The van der Waals surface area contributed by atoms with Crippen LogP contribution >= 0.6 is 0 Å². The molecular weight excluding hydrogens is 264 g/mol. The number of benzene rings is 1. The van der Waals surface area contributed by atoms with Crippen LogP contribution in [0, 0.1) is 0 Å². The zero-order valence-electron chi connectivity index (χ0n) is 11.4. The number of hydrogen-bond donors (Lipinski definition) is 3. The van der Waals surface area contributed by atoms with Crippen LogP contribution in [0.1, 0.15) is 5.56 Å². The van der Waals surface area contributed by atoms with Crippen LogP contribution in [0.25, 0.3) is 0 Å². The molecule has 0 aromatic heterocycles. The molecule has 0 fully saturated rings. The fraction of sp³-hybridized carbons (Fsp3) is 0.385. The number of aliphatic carboxylic acids is 1. The molecule has 20 heavy (non-hydrogen) atoms. The van der Waals surface area contributed by atoms with Crippen molar-refractivity contribution in [2.75, 3.05) is 20.8 Å². The second-order valence-corrected chi connectivity index (χ2v) is 4.23. The highest BCUT2D eigenvalue weighted by Gasteiger charge is 2.20. The van der Waals surface area contributed by atoms with Gasteiger partial charge in [0.05, 0.1) is 13.7 Å².